The van der Waals surface area contributed by atoms with Gasteiger partial charge in [-0.25, -0.2) is 0 Å². The molecule has 0 N–H and O–H groups in total. The number of hydrogen-bond donors (Lipinski definition) is 0. The van der Waals surface area contributed by atoms with Crippen molar-refractivity contribution in [3.63, 3.8) is 0 Å². The lowest BCUT2D eigenvalue weighted by Gasteiger charge is -2.37. The highest BCUT2D eigenvalue weighted by molar-refractivity contribution is 7.21. The lowest BCUT2D eigenvalue weighted by Crippen LogP contribution is -2.41. The largest absolute Gasteiger partial charge is 0.139 e. The van der Waals surface area contributed by atoms with Crippen LogP contribution in [0.25, 0.3) is 54.6 Å². The molecule has 0 aliphatic heterocycles. The Bertz CT molecular complexity index is 1890. The molecule has 41 heavy (non-hydrogen) atoms. The molecule has 0 fully saturated rings. The van der Waals surface area contributed by atoms with E-state index in [1.54, 1.807) is 20.9 Å². The second kappa shape index (κ2) is 9.25. The van der Waals surface area contributed by atoms with E-state index in [1.807, 2.05) is 22.7 Å². The van der Waals surface area contributed by atoms with Crippen LogP contribution < -0.4 is 0 Å². The van der Waals surface area contributed by atoms with Gasteiger partial charge in [-0.1, -0.05) is 121 Å². The molecule has 2 heterocycles. The van der Waals surface area contributed by atoms with Gasteiger partial charge in [0.05, 0.1) is 8.07 Å². The summed E-state index contributed by atoms with van der Waals surface area (Å²) < 4.78 is 2.84. The van der Waals surface area contributed by atoms with Crippen molar-refractivity contribution in [1.82, 2.24) is 0 Å². The minimum atomic E-state index is -1.90. The van der Waals surface area contributed by atoms with Gasteiger partial charge in [0.25, 0.3) is 0 Å². The summed E-state index contributed by atoms with van der Waals surface area (Å²) in [6, 6.07) is 35.6. The van der Waals surface area contributed by atoms with Crippen molar-refractivity contribution in [3.05, 3.63) is 129 Å². The van der Waals surface area contributed by atoms with Crippen LogP contribution in [0.15, 0.2) is 108 Å². The van der Waals surface area contributed by atoms with Crippen LogP contribution in [0.3, 0.4) is 0 Å². The summed E-state index contributed by atoms with van der Waals surface area (Å²) >= 11 is 4.09. The molecule has 0 saturated heterocycles. The Morgan fingerprint density at radius 3 is 1.34 bits per heavy atom. The molecule has 0 bridgehead atoms. The van der Waals surface area contributed by atoms with Crippen LogP contribution in [0.4, 0.5) is 0 Å². The first-order valence-electron chi connectivity index (χ1n) is 14.5. The third-order valence-corrected chi connectivity index (χ3v) is 16.8. The fraction of sp³-hybridized carbons (Fsp3) is 0.158. The number of benzene rings is 4. The molecule has 0 nitrogen and oxygen atoms in total. The fourth-order valence-corrected chi connectivity index (χ4v) is 17.1. The molecule has 3 heteroatoms. The van der Waals surface area contributed by atoms with Gasteiger partial charge in [-0.05, 0) is 59.4 Å². The lowest BCUT2D eigenvalue weighted by atomic mass is 9.99. The number of rotatable bonds is 4. The molecule has 2 unspecified atom stereocenters. The molecule has 0 amide bonds. The maximum atomic E-state index is 2.66. The van der Waals surface area contributed by atoms with Gasteiger partial charge in [-0.2, -0.15) is 0 Å². The van der Waals surface area contributed by atoms with E-state index in [0.29, 0.717) is 11.1 Å². The minimum absolute atomic E-state index is 0.525. The quantitative estimate of drug-likeness (QED) is 0.182. The van der Waals surface area contributed by atoms with Crippen LogP contribution in [-0.4, -0.2) is 8.07 Å². The van der Waals surface area contributed by atoms with Crippen molar-refractivity contribution in [3.8, 4) is 22.3 Å². The van der Waals surface area contributed by atoms with Crippen LogP contribution >= 0.6 is 22.7 Å². The molecule has 2 aliphatic rings. The number of fused-ring (bicyclic) bond motifs is 6. The van der Waals surface area contributed by atoms with Gasteiger partial charge in [-0.3, -0.25) is 0 Å². The molecule has 200 valence electrons. The Kier molecular flexibility index (Phi) is 5.69. The first-order chi connectivity index (χ1) is 19.9. The van der Waals surface area contributed by atoms with Crippen LogP contribution in [0.5, 0.6) is 0 Å². The van der Waals surface area contributed by atoms with Crippen molar-refractivity contribution < 1.29 is 0 Å². The average molecular weight is 581 g/mol. The summed E-state index contributed by atoms with van der Waals surface area (Å²) in [4.78, 5) is 3.20. The van der Waals surface area contributed by atoms with Crippen LogP contribution in [-0.2, 0) is 0 Å². The topological polar surface area (TPSA) is 0 Å². The maximum absolute atomic E-state index is 2.66. The molecular formula is C38H32S2Si. The highest BCUT2D eigenvalue weighted by Crippen LogP contribution is 2.58. The summed E-state index contributed by atoms with van der Waals surface area (Å²) in [6.07, 6.45) is 5.07. The summed E-state index contributed by atoms with van der Waals surface area (Å²) in [7, 11) is -1.90. The standard InChI is InChI=1S/C38H32S2Si/c1-23-21-29-33-27(25-13-7-5-8-14-25)17-11-19-31(33)39-35(29)37(23)41(3,4)38-24(2)22-30-34-28(26-15-9-6-10-16-26)18-12-20-32(34)40-36(30)38/h5-22,37-38H,1-4H3. The molecule has 8 rings (SSSR count). The second-order valence-corrected chi connectivity index (χ2v) is 19.3. The van der Waals surface area contributed by atoms with E-state index in [2.05, 4.69) is 136 Å². The van der Waals surface area contributed by atoms with Gasteiger partial charge >= 0.3 is 0 Å². The highest BCUT2D eigenvalue weighted by Gasteiger charge is 2.48. The van der Waals surface area contributed by atoms with Gasteiger partial charge in [0.15, 0.2) is 0 Å². The maximum Gasteiger partial charge on any atom is 0.0743 e. The minimum Gasteiger partial charge on any atom is -0.139 e. The number of hydrogen-bond acceptors (Lipinski definition) is 2. The Morgan fingerprint density at radius 1 is 0.512 bits per heavy atom. The molecule has 2 aromatic heterocycles. The fourth-order valence-electron chi connectivity index (χ4n) is 7.86. The van der Waals surface area contributed by atoms with Crippen molar-refractivity contribution in [1.29, 1.82) is 0 Å². The first kappa shape index (κ1) is 25.2. The van der Waals surface area contributed by atoms with Crippen LogP contribution in [0.2, 0.25) is 13.1 Å². The molecule has 0 saturated carbocycles. The molecule has 0 radical (unpaired) electrons. The van der Waals surface area contributed by atoms with Crippen molar-refractivity contribution in [2.75, 3.05) is 0 Å². The monoisotopic (exact) mass is 580 g/mol. The van der Waals surface area contributed by atoms with Gasteiger partial charge in [0.2, 0.25) is 0 Å². The zero-order valence-corrected chi connectivity index (χ0v) is 26.5. The Balaban J connectivity index is 1.27. The predicted octanol–water partition coefficient (Wildman–Crippen LogP) is 11.9. The summed E-state index contributed by atoms with van der Waals surface area (Å²) in [5.74, 6) is 0. The van der Waals surface area contributed by atoms with E-state index in [4.69, 9.17) is 0 Å². The third kappa shape index (κ3) is 3.69. The van der Waals surface area contributed by atoms with Crippen LogP contribution in [0.1, 0.15) is 45.8 Å². The molecule has 4 aromatic carbocycles. The highest BCUT2D eigenvalue weighted by atomic mass is 32.1. The van der Waals surface area contributed by atoms with E-state index >= 15 is 0 Å². The smallest absolute Gasteiger partial charge is 0.0743 e. The number of thiophene rings is 2. The SMILES string of the molecule is CC1=Cc2c(sc3cccc(-c4ccccc4)c23)C1[Si](C)(C)C1C(C)=Cc2c1sc1cccc(-c3ccccc3)c21. The summed E-state index contributed by atoms with van der Waals surface area (Å²) in [5.41, 5.74) is 12.5. The van der Waals surface area contributed by atoms with Crippen molar-refractivity contribution in [2.24, 2.45) is 0 Å². The average Bonchev–Trinajstić information content (AvgIpc) is 3.70. The van der Waals surface area contributed by atoms with Gasteiger partial charge in [0.1, 0.15) is 0 Å². The predicted molar refractivity (Wildman–Crippen MR) is 185 cm³/mol. The Labute approximate surface area is 251 Å². The molecule has 2 atom stereocenters. The van der Waals surface area contributed by atoms with Gasteiger partial charge in [0, 0.05) is 41.0 Å². The zero-order valence-electron chi connectivity index (χ0n) is 23.9. The Hall–Kier alpha value is -3.50. The molecule has 6 aromatic rings. The van der Waals surface area contributed by atoms with E-state index in [1.165, 1.54) is 53.6 Å². The second-order valence-electron chi connectivity index (χ2n) is 12.3. The summed E-state index contributed by atoms with van der Waals surface area (Å²) in [5, 5.41) is 2.89. The third-order valence-electron chi connectivity index (χ3n) is 9.40. The van der Waals surface area contributed by atoms with Gasteiger partial charge < -0.3 is 0 Å². The summed E-state index contributed by atoms with van der Waals surface area (Å²) in [6.45, 7) is 10.1. The molecule has 0 spiro atoms. The lowest BCUT2D eigenvalue weighted by molar-refractivity contribution is 0.995. The van der Waals surface area contributed by atoms with Crippen LogP contribution in [0, 0.1) is 0 Å². The van der Waals surface area contributed by atoms with E-state index in [0.717, 1.165) is 0 Å². The van der Waals surface area contributed by atoms with E-state index in [-0.39, 0.29) is 0 Å². The zero-order chi connectivity index (χ0) is 27.9. The van der Waals surface area contributed by atoms with Crippen molar-refractivity contribution >= 4 is 63.1 Å². The van der Waals surface area contributed by atoms with E-state index in [9.17, 15) is 0 Å². The number of allylic oxidation sites excluding steroid dienone is 2. The Morgan fingerprint density at radius 2 is 0.927 bits per heavy atom. The van der Waals surface area contributed by atoms with E-state index < -0.39 is 8.07 Å². The molecular weight excluding hydrogens is 549 g/mol. The van der Waals surface area contributed by atoms with Gasteiger partial charge in [-0.15, -0.1) is 22.7 Å². The van der Waals surface area contributed by atoms with Crippen molar-refractivity contribution in [2.45, 2.75) is 38.0 Å². The molecule has 2 aliphatic carbocycles. The normalized spacial score (nSPS) is 18.0. The first-order valence-corrected chi connectivity index (χ1v) is 19.3.